The van der Waals surface area contributed by atoms with Crippen LogP contribution in [0.15, 0.2) is 41.1 Å². The zero-order valence-electron chi connectivity index (χ0n) is 10.7. The van der Waals surface area contributed by atoms with Crippen molar-refractivity contribution in [3.8, 4) is 5.75 Å². The highest BCUT2D eigenvalue weighted by Gasteiger charge is 1.96. The molecule has 0 saturated heterocycles. The number of hydrogen-bond acceptors (Lipinski definition) is 3. The highest BCUT2D eigenvalue weighted by atomic mass is 32.1. The molecule has 0 unspecified atom stereocenters. The van der Waals surface area contributed by atoms with Crippen LogP contribution in [0.5, 0.6) is 5.75 Å². The van der Waals surface area contributed by atoms with E-state index in [1.807, 2.05) is 19.1 Å². The van der Waals surface area contributed by atoms with E-state index in [1.165, 1.54) is 11.1 Å². The van der Waals surface area contributed by atoms with Crippen LogP contribution in [-0.2, 0) is 13.0 Å². The first-order valence-corrected chi connectivity index (χ1v) is 7.26. The third-order valence-electron chi connectivity index (χ3n) is 2.73. The van der Waals surface area contributed by atoms with Gasteiger partial charge in [0.05, 0.1) is 6.61 Å². The van der Waals surface area contributed by atoms with E-state index in [1.54, 1.807) is 11.3 Å². The van der Waals surface area contributed by atoms with Crippen molar-refractivity contribution in [1.29, 1.82) is 0 Å². The maximum Gasteiger partial charge on any atom is 0.119 e. The van der Waals surface area contributed by atoms with Crippen LogP contribution >= 0.6 is 11.3 Å². The predicted octanol–water partition coefficient (Wildman–Crippen LogP) is 3.48. The second kappa shape index (κ2) is 7.19. The Kier molecular flexibility index (Phi) is 5.24. The van der Waals surface area contributed by atoms with Gasteiger partial charge in [0, 0.05) is 6.54 Å². The van der Waals surface area contributed by atoms with E-state index in [9.17, 15) is 0 Å². The third kappa shape index (κ3) is 4.17. The molecule has 0 aliphatic heterocycles. The molecule has 1 aromatic heterocycles. The van der Waals surface area contributed by atoms with E-state index in [0.29, 0.717) is 0 Å². The van der Waals surface area contributed by atoms with Crippen molar-refractivity contribution >= 4 is 11.3 Å². The molecule has 1 heterocycles. The van der Waals surface area contributed by atoms with E-state index >= 15 is 0 Å². The Balaban J connectivity index is 1.69. The molecular weight excluding hydrogens is 242 g/mol. The van der Waals surface area contributed by atoms with Crippen molar-refractivity contribution in [2.45, 2.75) is 19.9 Å². The van der Waals surface area contributed by atoms with E-state index in [0.717, 1.165) is 31.9 Å². The van der Waals surface area contributed by atoms with Crippen LogP contribution < -0.4 is 10.1 Å². The summed E-state index contributed by atoms with van der Waals surface area (Å²) in [6.45, 7) is 4.65. The van der Waals surface area contributed by atoms with Crippen molar-refractivity contribution in [3.63, 3.8) is 0 Å². The predicted molar refractivity (Wildman–Crippen MR) is 77.3 cm³/mol. The van der Waals surface area contributed by atoms with Crippen molar-refractivity contribution in [2.24, 2.45) is 0 Å². The molecule has 0 saturated carbocycles. The first kappa shape index (κ1) is 13.1. The molecule has 1 aromatic carbocycles. The molecule has 0 bridgehead atoms. The number of nitrogens with one attached hydrogen (secondary N) is 1. The maximum absolute atomic E-state index is 5.42. The van der Waals surface area contributed by atoms with Crippen molar-refractivity contribution in [2.75, 3.05) is 13.2 Å². The van der Waals surface area contributed by atoms with Gasteiger partial charge in [-0.25, -0.2) is 0 Å². The Bertz CT molecular complexity index is 436. The van der Waals surface area contributed by atoms with Crippen LogP contribution in [-0.4, -0.2) is 13.2 Å². The quantitative estimate of drug-likeness (QED) is 0.770. The second-order valence-corrected chi connectivity index (χ2v) is 4.92. The molecule has 0 aliphatic rings. The molecule has 1 N–H and O–H groups in total. The molecule has 2 aromatic rings. The lowest BCUT2D eigenvalue weighted by Crippen LogP contribution is -2.16. The van der Waals surface area contributed by atoms with Gasteiger partial charge in [0.2, 0.25) is 0 Å². The van der Waals surface area contributed by atoms with Crippen LogP contribution in [0.1, 0.15) is 18.1 Å². The molecule has 2 nitrogen and oxygen atoms in total. The van der Waals surface area contributed by atoms with Crippen LogP contribution in [0.2, 0.25) is 0 Å². The molecular formula is C15H19NOS. The summed E-state index contributed by atoms with van der Waals surface area (Å²) in [4.78, 5) is 0. The van der Waals surface area contributed by atoms with Gasteiger partial charge in [0.25, 0.3) is 0 Å². The number of thiophene rings is 1. The minimum Gasteiger partial charge on any atom is -0.494 e. The molecule has 0 aliphatic carbocycles. The van der Waals surface area contributed by atoms with Gasteiger partial charge in [-0.05, 0) is 60.0 Å². The normalized spacial score (nSPS) is 10.5. The minimum absolute atomic E-state index is 0.720. The number of rotatable bonds is 7. The van der Waals surface area contributed by atoms with Crippen LogP contribution in [0.25, 0.3) is 0 Å². The van der Waals surface area contributed by atoms with Gasteiger partial charge in [0.15, 0.2) is 0 Å². The molecule has 0 fully saturated rings. The molecule has 0 atom stereocenters. The van der Waals surface area contributed by atoms with Crippen LogP contribution in [0, 0.1) is 0 Å². The zero-order chi connectivity index (χ0) is 12.6. The average Bonchev–Trinajstić information content (AvgIpc) is 2.90. The maximum atomic E-state index is 5.42. The zero-order valence-corrected chi connectivity index (χ0v) is 11.5. The van der Waals surface area contributed by atoms with Gasteiger partial charge in [-0.3, -0.25) is 0 Å². The van der Waals surface area contributed by atoms with Gasteiger partial charge >= 0.3 is 0 Å². The molecule has 0 amide bonds. The summed E-state index contributed by atoms with van der Waals surface area (Å²) in [6.07, 6.45) is 1.10. The average molecular weight is 261 g/mol. The lowest BCUT2D eigenvalue weighted by atomic mass is 10.2. The largest absolute Gasteiger partial charge is 0.494 e. The van der Waals surface area contributed by atoms with Crippen molar-refractivity contribution in [3.05, 3.63) is 52.2 Å². The molecule has 2 rings (SSSR count). The lowest BCUT2D eigenvalue weighted by Gasteiger charge is -2.06. The molecule has 3 heteroatoms. The third-order valence-corrected chi connectivity index (χ3v) is 3.47. The Hall–Kier alpha value is -1.32. The standard InChI is InChI=1S/C15H19NOS/c1-2-17-15-5-3-13(4-6-15)11-16-9-7-14-8-10-18-12-14/h3-6,8,10,12,16H,2,7,9,11H2,1H3. The van der Waals surface area contributed by atoms with E-state index in [4.69, 9.17) is 4.74 Å². The van der Waals surface area contributed by atoms with Gasteiger partial charge in [-0.2, -0.15) is 11.3 Å². The highest BCUT2D eigenvalue weighted by Crippen LogP contribution is 2.12. The smallest absolute Gasteiger partial charge is 0.119 e. The van der Waals surface area contributed by atoms with Gasteiger partial charge in [0.1, 0.15) is 5.75 Å². The first-order chi connectivity index (χ1) is 8.88. The topological polar surface area (TPSA) is 21.3 Å². The summed E-state index contributed by atoms with van der Waals surface area (Å²) in [5, 5.41) is 7.79. The van der Waals surface area contributed by atoms with Gasteiger partial charge in [-0.15, -0.1) is 0 Å². The van der Waals surface area contributed by atoms with E-state index in [2.05, 4.69) is 34.3 Å². The number of hydrogen-bond donors (Lipinski definition) is 1. The fourth-order valence-electron chi connectivity index (χ4n) is 1.77. The van der Waals surface area contributed by atoms with Crippen molar-refractivity contribution in [1.82, 2.24) is 5.32 Å². The second-order valence-electron chi connectivity index (χ2n) is 4.14. The summed E-state index contributed by atoms with van der Waals surface area (Å²) < 4.78 is 5.42. The van der Waals surface area contributed by atoms with Crippen LogP contribution in [0.3, 0.4) is 0 Å². The van der Waals surface area contributed by atoms with Crippen molar-refractivity contribution < 1.29 is 4.74 Å². The molecule has 18 heavy (non-hydrogen) atoms. The SMILES string of the molecule is CCOc1ccc(CNCCc2ccsc2)cc1. The highest BCUT2D eigenvalue weighted by molar-refractivity contribution is 7.07. The fraction of sp³-hybridized carbons (Fsp3) is 0.333. The van der Waals surface area contributed by atoms with E-state index < -0.39 is 0 Å². The van der Waals surface area contributed by atoms with E-state index in [-0.39, 0.29) is 0 Å². The summed E-state index contributed by atoms with van der Waals surface area (Å²) in [5.74, 6) is 0.944. The number of benzene rings is 1. The molecule has 96 valence electrons. The molecule has 0 spiro atoms. The summed E-state index contributed by atoms with van der Waals surface area (Å²) in [7, 11) is 0. The molecule has 0 radical (unpaired) electrons. The fourth-order valence-corrected chi connectivity index (χ4v) is 2.47. The summed E-state index contributed by atoms with van der Waals surface area (Å²) >= 11 is 1.76. The first-order valence-electron chi connectivity index (χ1n) is 6.32. The number of ether oxygens (including phenoxy) is 1. The Morgan fingerprint density at radius 2 is 1.94 bits per heavy atom. The van der Waals surface area contributed by atoms with Gasteiger partial charge < -0.3 is 10.1 Å². The summed E-state index contributed by atoms with van der Waals surface area (Å²) in [6, 6.07) is 10.5. The lowest BCUT2D eigenvalue weighted by molar-refractivity contribution is 0.340. The minimum atomic E-state index is 0.720. The Morgan fingerprint density at radius 1 is 1.11 bits per heavy atom. The van der Waals surface area contributed by atoms with Gasteiger partial charge in [-0.1, -0.05) is 12.1 Å². The Labute approximate surface area is 113 Å². The monoisotopic (exact) mass is 261 g/mol. The summed E-state index contributed by atoms with van der Waals surface area (Å²) in [5.41, 5.74) is 2.71. The Morgan fingerprint density at radius 3 is 2.61 bits per heavy atom. The van der Waals surface area contributed by atoms with Crippen LogP contribution in [0.4, 0.5) is 0 Å².